The molecule has 0 saturated heterocycles. The molecule has 1 aromatic heterocycles. The van der Waals surface area contributed by atoms with E-state index in [1.54, 1.807) is 6.26 Å². The molecule has 72 valence electrons. The van der Waals surface area contributed by atoms with Crippen LogP contribution in [0.5, 0.6) is 0 Å². The minimum atomic E-state index is 0.282. The average molecular weight is 244 g/mol. The third-order valence-corrected chi connectivity index (χ3v) is 2.12. The summed E-state index contributed by atoms with van der Waals surface area (Å²) in [7, 11) is 0. The Hall–Kier alpha value is -0.540. The zero-order chi connectivity index (χ0) is 9.68. The highest BCUT2D eigenvalue weighted by molar-refractivity contribution is 9.11. The predicted molar refractivity (Wildman–Crippen MR) is 57.8 cm³/mol. The summed E-state index contributed by atoms with van der Waals surface area (Å²) in [6, 6.07) is 4.17. The van der Waals surface area contributed by atoms with E-state index in [9.17, 15) is 0 Å². The lowest BCUT2D eigenvalue weighted by molar-refractivity contribution is 0.415. The number of hydrogen-bond donors (Lipinski definition) is 1. The number of rotatable bonds is 5. The maximum Gasteiger partial charge on any atom is 0.120 e. The normalized spacial score (nSPS) is 12.8. The van der Waals surface area contributed by atoms with Gasteiger partial charge < -0.3 is 9.73 Å². The van der Waals surface area contributed by atoms with E-state index < -0.39 is 0 Å². The van der Waals surface area contributed by atoms with E-state index in [1.807, 2.05) is 12.1 Å². The van der Waals surface area contributed by atoms with Gasteiger partial charge in [0.2, 0.25) is 0 Å². The first-order chi connectivity index (χ1) is 6.24. The maximum absolute atomic E-state index is 5.31. The molecule has 0 saturated carbocycles. The van der Waals surface area contributed by atoms with E-state index in [2.05, 4.69) is 34.7 Å². The van der Waals surface area contributed by atoms with Gasteiger partial charge in [-0.05, 0) is 18.6 Å². The summed E-state index contributed by atoms with van der Waals surface area (Å²) >= 11 is 3.31. The molecule has 0 aliphatic heterocycles. The summed E-state index contributed by atoms with van der Waals surface area (Å²) in [6.07, 6.45) is 2.70. The zero-order valence-electron chi connectivity index (χ0n) is 7.72. The Morgan fingerprint density at radius 3 is 3.00 bits per heavy atom. The second-order valence-electron chi connectivity index (χ2n) is 2.87. The Kier molecular flexibility index (Phi) is 4.25. The van der Waals surface area contributed by atoms with Crippen molar-refractivity contribution >= 4 is 15.9 Å². The van der Waals surface area contributed by atoms with E-state index in [4.69, 9.17) is 4.42 Å². The minimum Gasteiger partial charge on any atom is -0.468 e. The van der Waals surface area contributed by atoms with Crippen LogP contribution in [0.3, 0.4) is 0 Å². The molecule has 0 bridgehead atoms. The van der Waals surface area contributed by atoms with Crippen LogP contribution in [-0.4, -0.2) is 6.54 Å². The van der Waals surface area contributed by atoms with Crippen molar-refractivity contribution in [3.8, 4) is 0 Å². The van der Waals surface area contributed by atoms with Gasteiger partial charge in [0.15, 0.2) is 0 Å². The fourth-order valence-electron chi connectivity index (χ4n) is 1.17. The molecule has 0 aromatic carbocycles. The predicted octanol–water partition coefficient (Wildman–Crippen LogP) is 3.23. The van der Waals surface area contributed by atoms with Gasteiger partial charge in [0.25, 0.3) is 0 Å². The molecule has 1 atom stereocenters. The molecule has 1 rings (SSSR count). The highest BCUT2D eigenvalue weighted by Crippen LogP contribution is 2.17. The van der Waals surface area contributed by atoms with E-state index in [1.165, 1.54) is 0 Å². The molecule has 0 fully saturated rings. The van der Waals surface area contributed by atoms with E-state index in [0.29, 0.717) is 0 Å². The molecule has 0 aliphatic carbocycles. The van der Waals surface area contributed by atoms with E-state index in [-0.39, 0.29) is 6.04 Å². The van der Waals surface area contributed by atoms with Crippen molar-refractivity contribution < 1.29 is 4.42 Å². The van der Waals surface area contributed by atoms with Crippen molar-refractivity contribution in [2.75, 3.05) is 6.54 Å². The molecule has 13 heavy (non-hydrogen) atoms. The van der Waals surface area contributed by atoms with Gasteiger partial charge in [-0.15, -0.1) is 0 Å². The monoisotopic (exact) mass is 243 g/mol. The van der Waals surface area contributed by atoms with Crippen LogP contribution in [0.15, 0.2) is 33.9 Å². The molecule has 1 N–H and O–H groups in total. The fraction of sp³-hybridized carbons (Fsp3) is 0.400. The molecule has 1 heterocycles. The largest absolute Gasteiger partial charge is 0.468 e. The van der Waals surface area contributed by atoms with Crippen molar-refractivity contribution in [3.63, 3.8) is 0 Å². The number of hydrogen-bond acceptors (Lipinski definition) is 2. The zero-order valence-corrected chi connectivity index (χ0v) is 9.30. The Balaban J connectivity index is 2.49. The molecular formula is C10H14BrNO. The second-order valence-corrected chi connectivity index (χ2v) is 4.00. The molecule has 3 heteroatoms. The Morgan fingerprint density at radius 1 is 1.77 bits per heavy atom. The first-order valence-corrected chi connectivity index (χ1v) is 5.13. The Morgan fingerprint density at radius 2 is 2.54 bits per heavy atom. The molecule has 0 radical (unpaired) electrons. The van der Waals surface area contributed by atoms with Gasteiger partial charge in [-0.2, -0.15) is 0 Å². The van der Waals surface area contributed by atoms with Crippen LogP contribution in [0.2, 0.25) is 0 Å². The highest BCUT2D eigenvalue weighted by atomic mass is 79.9. The van der Waals surface area contributed by atoms with E-state index in [0.717, 1.165) is 23.2 Å². The lowest BCUT2D eigenvalue weighted by Crippen LogP contribution is -2.21. The van der Waals surface area contributed by atoms with Gasteiger partial charge in [0.1, 0.15) is 5.76 Å². The molecule has 1 unspecified atom stereocenters. The van der Waals surface area contributed by atoms with Crippen LogP contribution >= 0.6 is 15.9 Å². The standard InChI is InChI=1S/C10H14BrNO/c1-3-9(12-7-8(2)11)10-5-4-6-13-10/h4-6,9,12H,2-3,7H2,1H3. The Labute approximate surface area is 87.1 Å². The lowest BCUT2D eigenvalue weighted by Gasteiger charge is -2.13. The minimum absolute atomic E-state index is 0.282. The summed E-state index contributed by atoms with van der Waals surface area (Å²) in [5, 5.41) is 3.33. The molecule has 1 aromatic rings. The van der Waals surface area contributed by atoms with Gasteiger partial charge >= 0.3 is 0 Å². The average Bonchev–Trinajstić information content (AvgIpc) is 2.58. The topological polar surface area (TPSA) is 25.2 Å². The van der Waals surface area contributed by atoms with Gasteiger partial charge in [0, 0.05) is 11.0 Å². The quantitative estimate of drug-likeness (QED) is 0.860. The number of halogens is 1. The molecule has 0 aliphatic rings. The van der Waals surface area contributed by atoms with Crippen molar-refractivity contribution in [3.05, 3.63) is 35.2 Å². The van der Waals surface area contributed by atoms with Crippen molar-refractivity contribution in [2.45, 2.75) is 19.4 Å². The smallest absolute Gasteiger partial charge is 0.120 e. The number of nitrogens with one attached hydrogen (secondary N) is 1. The number of furan rings is 1. The first-order valence-electron chi connectivity index (χ1n) is 4.34. The maximum atomic E-state index is 5.31. The van der Waals surface area contributed by atoms with Gasteiger partial charge in [0.05, 0.1) is 12.3 Å². The van der Waals surface area contributed by atoms with Crippen molar-refractivity contribution in [1.82, 2.24) is 5.32 Å². The molecule has 2 nitrogen and oxygen atoms in total. The summed E-state index contributed by atoms with van der Waals surface area (Å²) < 4.78 is 6.27. The second kappa shape index (κ2) is 5.25. The molecular weight excluding hydrogens is 230 g/mol. The van der Waals surface area contributed by atoms with Gasteiger partial charge in [-0.3, -0.25) is 0 Å². The van der Waals surface area contributed by atoms with Crippen LogP contribution in [0.4, 0.5) is 0 Å². The molecule has 0 amide bonds. The SMILES string of the molecule is C=C(Br)CNC(CC)c1ccco1. The Bertz CT molecular complexity index is 256. The third kappa shape index (κ3) is 3.36. The lowest BCUT2D eigenvalue weighted by atomic mass is 10.2. The van der Waals surface area contributed by atoms with Crippen LogP contribution < -0.4 is 5.32 Å². The van der Waals surface area contributed by atoms with Crippen LogP contribution in [0.25, 0.3) is 0 Å². The van der Waals surface area contributed by atoms with Crippen LogP contribution in [-0.2, 0) is 0 Å². The van der Waals surface area contributed by atoms with Gasteiger partial charge in [-0.1, -0.05) is 29.4 Å². The summed E-state index contributed by atoms with van der Waals surface area (Å²) in [5.41, 5.74) is 0. The van der Waals surface area contributed by atoms with Crippen molar-refractivity contribution in [2.24, 2.45) is 0 Å². The van der Waals surface area contributed by atoms with Gasteiger partial charge in [-0.25, -0.2) is 0 Å². The van der Waals surface area contributed by atoms with Crippen LogP contribution in [0.1, 0.15) is 25.1 Å². The van der Waals surface area contributed by atoms with Crippen molar-refractivity contribution in [1.29, 1.82) is 0 Å². The van der Waals surface area contributed by atoms with E-state index >= 15 is 0 Å². The molecule has 0 spiro atoms. The summed E-state index contributed by atoms with van der Waals surface area (Å²) in [5.74, 6) is 0.983. The first kappa shape index (κ1) is 10.5. The summed E-state index contributed by atoms with van der Waals surface area (Å²) in [6.45, 7) is 6.65. The fourth-order valence-corrected chi connectivity index (χ4v) is 1.33. The highest BCUT2D eigenvalue weighted by Gasteiger charge is 2.10. The third-order valence-electron chi connectivity index (χ3n) is 1.84. The summed E-state index contributed by atoms with van der Waals surface area (Å²) in [4.78, 5) is 0. The van der Waals surface area contributed by atoms with Crippen LogP contribution in [0, 0.1) is 0 Å².